The summed E-state index contributed by atoms with van der Waals surface area (Å²) in [6, 6.07) is 13.8. The molecule has 2 aromatic rings. The van der Waals surface area contributed by atoms with Gasteiger partial charge in [-0.1, -0.05) is 46.3 Å². The van der Waals surface area contributed by atoms with Crippen LogP contribution in [0.2, 0.25) is 0 Å². The highest BCUT2D eigenvalue weighted by atomic mass is 79.9. The second kappa shape index (κ2) is 6.56. The fourth-order valence-electron chi connectivity index (χ4n) is 4.02. The van der Waals surface area contributed by atoms with E-state index in [2.05, 4.69) is 21.2 Å². The van der Waals surface area contributed by atoms with Crippen LogP contribution >= 0.6 is 15.9 Å². The Bertz CT molecular complexity index is 1040. The quantitative estimate of drug-likeness (QED) is 0.444. The van der Waals surface area contributed by atoms with E-state index in [0.717, 1.165) is 17.1 Å². The summed E-state index contributed by atoms with van der Waals surface area (Å²) in [6.45, 7) is 0.0428. The van der Waals surface area contributed by atoms with Crippen molar-refractivity contribution in [1.29, 1.82) is 0 Å². The van der Waals surface area contributed by atoms with Crippen molar-refractivity contribution in [2.24, 2.45) is 5.92 Å². The van der Waals surface area contributed by atoms with Gasteiger partial charge in [0.2, 0.25) is 5.91 Å². The molecule has 0 aliphatic carbocycles. The topological polar surface area (TPSA) is 92.8 Å². The molecule has 28 heavy (non-hydrogen) atoms. The van der Waals surface area contributed by atoms with E-state index in [-0.39, 0.29) is 12.1 Å². The van der Waals surface area contributed by atoms with Crippen LogP contribution in [0.3, 0.4) is 0 Å². The summed E-state index contributed by atoms with van der Waals surface area (Å²) in [7, 11) is 1.15. The number of halogens is 1. The van der Waals surface area contributed by atoms with Crippen molar-refractivity contribution < 1.29 is 23.9 Å². The van der Waals surface area contributed by atoms with E-state index in [4.69, 9.17) is 4.74 Å². The molecule has 1 N–H and O–H groups in total. The van der Waals surface area contributed by atoms with Crippen molar-refractivity contribution >= 4 is 39.6 Å². The molecule has 4 rings (SSSR count). The predicted molar refractivity (Wildman–Crippen MR) is 101 cm³/mol. The van der Waals surface area contributed by atoms with E-state index in [9.17, 15) is 19.2 Å². The summed E-state index contributed by atoms with van der Waals surface area (Å²) < 4.78 is 5.62. The zero-order chi connectivity index (χ0) is 20.1. The molecule has 3 amide bonds. The molecule has 0 aromatic heterocycles. The van der Waals surface area contributed by atoms with Crippen molar-refractivity contribution in [3.63, 3.8) is 0 Å². The molecule has 2 aliphatic rings. The second-order valence-corrected chi connectivity index (χ2v) is 7.52. The summed E-state index contributed by atoms with van der Waals surface area (Å²) >= 11 is 3.39. The molecule has 7 nitrogen and oxygen atoms in total. The second-order valence-electron chi connectivity index (χ2n) is 6.61. The maximum absolute atomic E-state index is 13.2. The first kappa shape index (κ1) is 18.4. The number of benzene rings is 2. The van der Waals surface area contributed by atoms with Crippen molar-refractivity contribution in [1.82, 2.24) is 10.2 Å². The van der Waals surface area contributed by atoms with Gasteiger partial charge in [-0.3, -0.25) is 24.5 Å². The smallest absolute Gasteiger partial charge is 0.321 e. The molecule has 8 heteroatoms. The number of carbonyl (C=O) groups is 4. The van der Waals surface area contributed by atoms with E-state index in [1.807, 2.05) is 12.1 Å². The third kappa shape index (κ3) is 2.41. The molecule has 0 radical (unpaired) electrons. The van der Waals surface area contributed by atoms with Gasteiger partial charge in [0.15, 0.2) is 11.5 Å². The fraction of sp³-hybridized carbons (Fsp3) is 0.200. The SMILES string of the molecule is COC(=O)C1C(=O)NC(=O)C12c1ccccc1C(=O)N2Cc1cccc(Br)c1. The van der Waals surface area contributed by atoms with Crippen molar-refractivity contribution in [3.8, 4) is 0 Å². The lowest BCUT2D eigenvalue weighted by Gasteiger charge is -2.36. The maximum Gasteiger partial charge on any atom is 0.321 e. The van der Waals surface area contributed by atoms with Crippen LogP contribution in [-0.4, -0.2) is 35.7 Å². The maximum atomic E-state index is 13.2. The Hall–Kier alpha value is -3.00. The molecule has 1 fully saturated rings. The lowest BCUT2D eigenvalue weighted by molar-refractivity contribution is -0.155. The standard InChI is InChI=1S/C20H15BrN2O5/c1-28-18(26)15-16(24)22-19(27)20(15)14-8-3-2-7-13(14)17(25)23(20)10-11-5-4-6-12(21)9-11/h2-9,15H,10H2,1H3,(H,22,24,27). The third-order valence-electron chi connectivity index (χ3n) is 5.17. The zero-order valence-corrected chi connectivity index (χ0v) is 16.4. The minimum atomic E-state index is -1.78. The van der Waals surface area contributed by atoms with Crippen molar-refractivity contribution in [2.45, 2.75) is 12.1 Å². The van der Waals surface area contributed by atoms with E-state index in [1.165, 1.54) is 4.90 Å². The Morgan fingerprint density at radius 1 is 1.18 bits per heavy atom. The van der Waals surface area contributed by atoms with Crippen LogP contribution in [0.5, 0.6) is 0 Å². The number of carbonyl (C=O) groups excluding carboxylic acids is 4. The number of nitrogens with zero attached hydrogens (tertiary/aromatic N) is 1. The van der Waals surface area contributed by atoms with E-state index in [1.54, 1.807) is 36.4 Å². The number of amides is 3. The van der Waals surface area contributed by atoms with Gasteiger partial charge in [-0.2, -0.15) is 0 Å². The van der Waals surface area contributed by atoms with E-state index in [0.29, 0.717) is 5.56 Å². The molecule has 2 heterocycles. The molecule has 2 atom stereocenters. The number of esters is 1. The number of rotatable bonds is 3. The first-order chi connectivity index (χ1) is 13.4. The van der Waals surface area contributed by atoms with Gasteiger partial charge in [0.25, 0.3) is 11.8 Å². The van der Waals surface area contributed by atoms with Crippen molar-refractivity contribution in [2.75, 3.05) is 7.11 Å². The Labute approximate surface area is 168 Å². The molecule has 1 saturated heterocycles. The van der Waals surface area contributed by atoms with E-state index >= 15 is 0 Å². The lowest BCUT2D eigenvalue weighted by Crippen LogP contribution is -2.54. The molecule has 2 unspecified atom stereocenters. The molecule has 0 saturated carbocycles. The first-order valence-corrected chi connectivity index (χ1v) is 9.29. The van der Waals surface area contributed by atoms with Gasteiger partial charge in [-0.25, -0.2) is 0 Å². The molecule has 1 spiro atoms. The highest BCUT2D eigenvalue weighted by Gasteiger charge is 2.68. The highest BCUT2D eigenvalue weighted by molar-refractivity contribution is 9.10. The third-order valence-corrected chi connectivity index (χ3v) is 5.66. The van der Waals surface area contributed by atoms with Crippen LogP contribution < -0.4 is 5.32 Å². The number of hydrogen-bond donors (Lipinski definition) is 1. The summed E-state index contributed by atoms with van der Waals surface area (Å²) in [5.74, 6) is -4.26. The van der Waals surface area contributed by atoms with Crippen molar-refractivity contribution in [3.05, 3.63) is 69.7 Å². The fourth-order valence-corrected chi connectivity index (χ4v) is 4.47. The first-order valence-electron chi connectivity index (χ1n) is 8.50. The molecule has 2 aromatic carbocycles. The van der Waals surface area contributed by atoms with Crippen LogP contribution in [0, 0.1) is 5.92 Å². The normalized spacial score (nSPS) is 23.1. The average molecular weight is 443 g/mol. The number of nitrogens with one attached hydrogen (secondary N) is 1. The summed E-state index contributed by atoms with van der Waals surface area (Å²) in [4.78, 5) is 52.6. The number of imide groups is 1. The van der Waals surface area contributed by atoms with Crippen LogP contribution in [0.15, 0.2) is 53.0 Å². The minimum Gasteiger partial charge on any atom is -0.468 e. The molecular formula is C20H15BrN2O5. The summed E-state index contributed by atoms with van der Waals surface area (Å²) in [5, 5.41) is 2.22. The lowest BCUT2D eigenvalue weighted by atomic mass is 9.79. The highest BCUT2D eigenvalue weighted by Crippen LogP contribution is 2.48. The van der Waals surface area contributed by atoms with Gasteiger partial charge >= 0.3 is 5.97 Å². The van der Waals surface area contributed by atoms with E-state index < -0.39 is 35.1 Å². The Balaban J connectivity index is 1.94. The van der Waals surface area contributed by atoms with Gasteiger partial charge in [0.1, 0.15) is 0 Å². The average Bonchev–Trinajstić information content (AvgIpc) is 3.08. The van der Waals surface area contributed by atoms with Gasteiger partial charge in [-0.05, 0) is 23.8 Å². The Kier molecular flexibility index (Phi) is 4.30. The summed E-state index contributed by atoms with van der Waals surface area (Å²) in [5.41, 5.74) is -0.421. The molecule has 142 valence electrons. The largest absolute Gasteiger partial charge is 0.468 e. The number of hydrogen-bond acceptors (Lipinski definition) is 5. The number of methoxy groups -OCH3 is 1. The zero-order valence-electron chi connectivity index (χ0n) is 14.8. The van der Waals surface area contributed by atoms with Crippen LogP contribution in [0.25, 0.3) is 0 Å². The number of fused-ring (bicyclic) bond motifs is 2. The monoisotopic (exact) mass is 442 g/mol. The van der Waals surface area contributed by atoms with Gasteiger partial charge in [0, 0.05) is 22.1 Å². The molecular weight excluding hydrogens is 428 g/mol. The number of ether oxygens (including phenoxy) is 1. The van der Waals surface area contributed by atoms with Crippen LogP contribution in [-0.2, 0) is 31.2 Å². The van der Waals surface area contributed by atoms with Crippen LogP contribution in [0.4, 0.5) is 0 Å². The minimum absolute atomic E-state index is 0.0428. The van der Waals surface area contributed by atoms with Gasteiger partial charge in [-0.15, -0.1) is 0 Å². The Morgan fingerprint density at radius 3 is 2.64 bits per heavy atom. The van der Waals surface area contributed by atoms with Gasteiger partial charge in [0.05, 0.1) is 7.11 Å². The predicted octanol–water partition coefficient (Wildman–Crippen LogP) is 1.75. The molecule has 0 bridgehead atoms. The Morgan fingerprint density at radius 2 is 1.93 bits per heavy atom. The van der Waals surface area contributed by atoms with Crippen LogP contribution in [0.1, 0.15) is 21.5 Å². The molecule has 2 aliphatic heterocycles. The summed E-state index contributed by atoms with van der Waals surface area (Å²) in [6.07, 6.45) is 0. The van der Waals surface area contributed by atoms with Gasteiger partial charge < -0.3 is 9.64 Å².